The molecule has 122 valence electrons. The highest BCUT2D eigenvalue weighted by molar-refractivity contribution is 5.48. The largest absolute Gasteiger partial charge is 0.490 e. The lowest BCUT2D eigenvalue weighted by Gasteiger charge is -2.18. The average molecular weight is 316 g/mol. The standard InChI is InChI=1S/C17H20N2O4/c1-23-17-8-7-13(11-16(17)19(21)22)12-18-15(9-10-20)14-5-3-2-4-6-14/h2-8,11,15,18,20H,9-10,12H2,1H3/t15-/m1/s1. The summed E-state index contributed by atoms with van der Waals surface area (Å²) in [5.41, 5.74) is 1.81. The number of benzene rings is 2. The van der Waals surface area contributed by atoms with Crippen molar-refractivity contribution in [1.29, 1.82) is 0 Å². The Balaban J connectivity index is 2.12. The van der Waals surface area contributed by atoms with Crippen LogP contribution in [0.2, 0.25) is 0 Å². The Kier molecular flexibility index (Phi) is 6.08. The van der Waals surface area contributed by atoms with E-state index in [9.17, 15) is 15.2 Å². The predicted molar refractivity (Wildman–Crippen MR) is 87.4 cm³/mol. The molecule has 0 bridgehead atoms. The van der Waals surface area contributed by atoms with Gasteiger partial charge in [0.1, 0.15) is 0 Å². The van der Waals surface area contributed by atoms with Crippen LogP contribution in [0.3, 0.4) is 0 Å². The van der Waals surface area contributed by atoms with Gasteiger partial charge >= 0.3 is 5.69 Å². The molecule has 2 aromatic rings. The summed E-state index contributed by atoms with van der Waals surface area (Å²) in [5, 5.41) is 23.6. The Bertz CT molecular complexity index is 646. The Morgan fingerprint density at radius 1 is 1.26 bits per heavy atom. The molecular weight excluding hydrogens is 296 g/mol. The molecule has 1 atom stereocenters. The van der Waals surface area contributed by atoms with E-state index < -0.39 is 4.92 Å². The maximum Gasteiger partial charge on any atom is 0.311 e. The maximum absolute atomic E-state index is 11.1. The lowest BCUT2D eigenvalue weighted by atomic mass is 10.0. The molecule has 23 heavy (non-hydrogen) atoms. The zero-order chi connectivity index (χ0) is 16.7. The van der Waals surface area contributed by atoms with Crippen LogP contribution in [0.15, 0.2) is 48.5 Å². The first kappa shape index (κ1) is 16.9. The van der Waals surface area contributed by atoms with Crippen LogP contribution in [0, 0.1) is 10.1 Å². The highest BCUT2D eigenvalue weighted by atomic mass is 16.6. The molecule has 6 nitrogen and oxygen atoms in total. The number of aliphatic hydroxyl groups is 1. The van der Waals surface area contributed by atoms with Crippen molar-refractivity contribution in [3.05, 3.63) is 69.8 Å². The van der Waals surface area contributed by atoms with Crippen LogP contribution in [0.1, 0.15) is 23.6 Å². The van der Waals surface area contributed by atoms with Crippen molar-refractivity contribution in [2.24, 2.45) is 0 Å². The molecule has 0 unspecified atom stereocenters. The minimum absolute atomic E-state index is 0.0117. The summed E-state index contributed by atoms with van der Waals surface area (Å²) in [7, 11) is 1.41. The van der Waals surface area contributed by atoms with Crippen LogP contribution in [-0.4, -0.2) is 23.7 Å². The molecule has 2 N–H and O–H groups in total. The van der Waals surface area contributed by atoms with Crippen LogP contribution in [0.25, 0.3) is 0 Å². The van der Waals surface area contributed by atoms with Gasteiger partial charge in [0, 0.05) is 25.3 Å². The van der Waals surface area contributed by atoms with Gasteiger partial charge in [0.25, 0.3) is 0 Å². The van der Waals surface area contributed by atoms with E-state index in [-0.39, 0.29) is 24.1 Å². The van der Waals surface area contributed by atoms with Crippen LogP contribution < -0.4 is 10.1 Å². The molecule has 0 radical (unpaired) electrons. The molecule has 0 amide bonds. The molecule has 0 aliphatic heterocycles. The van der Waals surface area contributed by atoms with Crippen molar-refractivity contribution in [3.8, 4) is 5.75 Å². The summed E-state index contributed by atoms with van der Waals surface area (Å²) in [6, 6.07) is 14.7. The molecule has 0 saturated heterocycles. The normalized spacial score (nSPS) is 11.9. The quantitative estimate of drug-likeness (QED) is 0.578. The second kappa shape index (κ2) is 8.26. The van der Waals surface area contributed by atoms with Crippen molar-refractivity contribution in [2.75, 3.05) is 13.7 Å². The highest BCUT2D eigenvalue weighted by Gasteiger charge is 2.16. The van der Waals surface area contributed by atoms with Gasteiger partial charge in [-0.3, -0.25) is 10.1 Å². The fraction of sp³-hybridized carbons (Fsp3) is 0.294. The van der Waals surface area contributed by atoms with Gasteiger partial charge in [-0.05, 0) is 23.6 Å². The number of methoxy groups -OCH3 is 1. The van der Waals surface area contributed by atoms with Crippen molar-refractivity contribution in [1.82, 2.24) is 5.32 Å². The van der Waals surface area contributed by atoms with E-state index >= 15 is 0 Å². The van der Waals surface area contributed by atoms with Crippen molar-refractivity contribution in [2.45, 2.75) is 19.0 Å². The molecule has 0 aliphatic carbocycles. The number of hydrogen-bond donors (Lipinski definition) is 2. The molecular formula is C17H20N2O4. The van der Waals surface area contributed by atoms with Crippen molar-refractivity contribution < 1.29 is 14.8 Å². The first-order valence-electron chi connectivity index (χ1n) is 7.36. The minimum atomic E-state index is -0.454. The summed E-state index contributed by atoms with van der Waals surface area (Å²) in [6.07, 6.45) is 0.572. The second-order valence-electron chi connectivity index (χ2n) is 5.12. The van der Waals surface area contributed by atoms with Crippen LogP contribution in [0.5, 0.6) is 5.75 Å². The summed E-state index contributed by atoms with van der Waals surface area (Å²) in [4.78, 5) is 10.6. The monoisotopic (exact) mass is 316 g/mol. The molecule has 0 heterocycles. The maximum atomic E-state index is 11.1. The number of ether oxygens (including phenoxy) is 1. The van der Waals surface area contributed by atoms with Gasteiger partial charge in [-0.1, -0.05) is 36.4 Å². The van der Waals surface area contributed by atoms with Gasteiger partial charge in [-0.15, -0.1) is 0 Å². The van der Waals surface area contributed by atoms with E-state index in [4.69, 9.17) is 4.74 Å². The van der Waals surface area contributed by atoms with E-state index in [1.54, 1.807) is 12.1 Å². The molecule has 0 aliphatic rings. The van der Waals surface area contributed by atoms with Gasteiger partial charge in [-0.25, -0.2) is 0 Å². The van der Waals surface area contributed by atoms with Gasteiger partial charge in [-0.2, -0.15) is 0 Å². The summed E-state index contributed by atoms with van der Waals surface area (Å²) in [5.74, 6) is 0.244. The van der Waals surface area contributed by atoms with Crippen LogP contribution >= 0.6 is 0 Å². The van der Waals surface area contributed by atoms with E-state index in [1.807, 2.05) is 30.3 Å². The van der Waals surface area contributed by atoms with Gasteiger partial charge in [0.15, 0.2) is 5.75 Å². The SMILES string of the molecule is COc1ccc(CN[C@H](CCO)c2ccccc2)cc1[N+](=O)[O-]. The lowest BCUT2D eigenvalue weighted by molar-refractivity contribution is -0.385. The highest BCUT2D eigenvalue weighted by Crippen LogP contribution is 2.28. The molecule has 0 aromatic heterocycles. The number of rotatable bonds is 8. The topological polar surface area (TPSA) is 84.6 Å². The number of nitrogens with zero attached hydrogens (tertiary/aromatic N) is 1. The van der Waals surface area contributed by atoms with E-state index in [0.29, 0.717) is 13.0 Å². The Morgan fingerprint density at radius 3 is 2.61 bits per heavy atom. The van der Waals surface area contributed by atoms with Gasteiger partial charge < -0.3 is 15.2 Å². The molecule has 0 spiro atoms. The zero-order valence-electron chi connectivity index (χ0n) is 12.9. The number of hydrogen-bond acceptors (Lipinski definition) is 5. The Hall–Kier alpha value is -2.44. The molecule has 0 fully saturated rings. The predicted octanol–water partition coefficient (Wildman–Crippen LogP) is 2.82. The molecule has 2 rings (SSSR count). The third-order valence-corrected chi connectivity index (χ3v) is 3.61. The molecule has 2 aromatic carbocycles. The number of nitrogens with one attached hydrogen (secondary N) is 1. The first-order valence-corrected chi connectivity index (χ1v) is 7.36. The summed E-state index contributed by atoms with van der Waals surface area (Å²) >= 11 is 0. The van der Waals surface area contributed by atoms with Crippen LogP contribution in [0.4, 0.5) is 5.69 Å². The smallest absolute Gasteiger partial charge is 0.311 e. The fourth-order valence-corrected chi connectivity index (χ4v) is 2.43. The zero-order valence-corrected chi connectivity index (χ0v) is 12.9. The van der Waals surface area contributed by atoms with E-state index in [2.05, 4.69) is 5.32 Å². The van der Waals surface area contributed by atoms with E-state index in [0.717, 1.165) is 11.1 Å². The van der Waals surface area contributed by atoms with Crippen molar-refractivity contribution >= 4 is 5.69 Å². The lowest BCUT2D eigenvalue weighted by Crippen LogP contribution is -2.22. The summed E-state index contributed by atoms with van der Waals surface area (Å²) < 4.78 is 5.00. The van der Waals surface area contributed by atoms with Gasteiger partial charge in [0.2, 0.25) is 0 Å². The average Bonchev–Trinajstić information content (AvgIpc) is 2.59. The minimum Gasteiger partial charge on any atom is -0.490 e. The molecule has 0 saturated carbocycles. The van der Waals surface area contributed by atoms with Crippen molar-refractivity contribution in [3.63, 3.8) is 0 Å². The Labute approximate surface area is 134 Å². The second-order valence-corrected chi connectivity index (χ2v) is 5.12. The first-order chi connectivity index (χ1) is 11.2. The number of aliphatic hydroxyl groups excluding tert-OH is 1. The third-order valence-electron chi connectivity index (χ3n) is 3.61. The summed E-state index contributed by atoms with van der Waals surface area (Å²) in [6.45, 7) is 0.527. The molecule has 6 heteroatoms. The Morgan fingerprint density at radius 2 is 2.00 bits per heavy atom. The number of nitro benzene ring substituents is 1. The third kappa shape index (κ3) is 4.51. The van der Waals surface area contributed by atoms with Gasteiger partial charge in [0.05, 0.1) is 12.0 Å². The fourth-order valence-electron chi connectivity index (χ4n) is 2.43. The number of nitro groups is 1. The van der Waals surface area contributed by atoms with Crippen LogP contribution in [-0.2, 0) is 6.54 Å². The van der Waals surface area contributed by atoms with E-state index in [1.165, 1.54) is 13.2 Å².